The van der Waals surface area contributed by atoms with Gasteiger partial charge in [-0.3, -0.25) is 0 Å². The van der Waals surface area contributed by atoms with Crippen LogP contribution in [0.1, 0.15) is 17.2 Å². The highest BCUT2D eigenvalue weighted by Gasteiger charge is 2.43. The summed E-state index contributed by atoms with van der Waals surface area (Å²) in [7, 11) is 0. The molecule has 0 aromatic heterocycles. The highest BCUT2D eigenvalue weighted by molar-refractivity contribution is 5.30. The van der Waals surface area contributed by atoms with Crippen LogP contribution in [0.4, 0.5) is 30.7 Å². The molecule has 2 nitrogen and oxygen atoms in total. The van der Waals surface area contributed by atoms with Crippen molar-refractivity contribution in [1.82, 2.24) is 0 Å². The van der Waals surface area contributed by atoms with Crippen molar-refractivity contribution in [3.63, 3.8) is 0 Å². The minimum Gasteiger partial charge on any atom is -0.382 e. The summed E-state index contributed by atoms with van der Waals surface area (Å²) in [5, 5.41) is 8.85. The zero-order chi connectivity index (χ0) is 15.0. The van der Waals surface area contributed by atoms with Gasteiger partial charge in [0.1, 0.15) is 5.82 Å². The van der Waals surface area contributed by atoms with Crippen molar-refractivity contribution in [2.24, 2.45) is 5.73 Å². The van der Waals surface area contributed by atoms with Crippen LogP contribution in [0.5, 0.6) is 0 Å². The summed E-state index contributed by atoms with van der Waals surface area (Å²) in [5.41, 5.74) is 2.62. The maximum atomic E-state index is 12.9. The molecule has 9 heteroatoms. The van der Waals surface area contributed by atoms with Crippen LogP contribution in [-0.2, 0) is 6.18 Å². The van der Waals surface area contributed by atoms with Gasteiger partial charge >= 0.3 is 12.4 Å². The van der Waals surface area contributed by atoms with Crippen LogP contribution in [0.3, 0.4) is 0 Å². The average molecular weight is 291 g/mol. The lowest BCUT2D eigenvalue weighted by Gasteiger charge is -2.22. The Balaban J connectivity index is 3.16. The molecule has 1 aromatic carbocycles. The van der Waals surface area contributed by atoms with E-state index in [1.807, 2.05) is 0 Å². The van der Waals surface area contributed by atoms with Gasteiger partial charge in [-0.2, -0.15) is 26.3 Å². The zero-order valence-electron chi connectivity index (χ0n) is 9.06. The number of nitrogens with two attached hydrogens (primary N) is 1. The minimum absolute atomic E-state index is 0.148. The largest absolute Gasteiger partial charge is 0.419 e. The number of rotatable bonds is 2. The summed E-state index contributed by atoms with van der Waals surface area (Å²) in [5.74, 6) is -1.63. The molecular weight excluding hydrogens is 283 g/mol. The molecule has 0 saturated carbocycles. The second-order valence-corrected chi connectivity index (χ2v) is 3.75. The number of benzene rings is 1. The normalized spacial score (nSPS) is 16.3. The summed E-state index contributed by atoms with van der Waals surface area (Å²) in [6.45, 7) is 0. The molecule has 0 bridgehead atoms. The molecule has 0 aliphatic heterocycles. The van der Waals surface area contributed by atoms with Crippen LogP contribution in [0.2, 0.25) is 0 Å². The molecule has 2 atom stereocenters. The number of hydrogen-bond acceptors (Lipinski definition) is 2. The molecule has 0 heterocycles. The fourth-order valence-corrected chi connectivity index (χ4v) is 1.35. The Bertz CT molecular complexity index is 454. The molecule has 0 aliphatic rings. The lowest BCUT2D eigenvalue weighted by molar-refractivity contribution is -0.210. The van der Waals surface area contributed by atoms with Crippen LogP contribution >= 0.6 is 0 Å². The molecule has 0 unspecified atom stereocenters. The van der Waals surface area contributed by atoms with E-state index in [0.29, 0.717) is 12.1 Å². The van der Waals surface area contributed by atoms with Crippen LogP contribution in [0.15, 0.2) is 18.2 Å². The molecule has 0 spiro atoms. The Morgan fingerprint density at radius 1 is 1.05 bits per heavy atom. The van der Waals surface area contributed by atoms with Crippen LogP contribution in [0.25, 0.3) is 0 Å². The Hall–Kier alpha value is -1.35. The van der Waals surface area contributed by atoms with Gasteiger partial charge in [0.2, 0.25) is 0 Å². The van der Waals surface area contributed by atoms with Gasteiger partial charge in [-0.1, -0.05) is 6.07 Å². The van der Waals surface area contributed by atoms with Crippen molar-refractivity contribution in [3.05, 3.63) is 35.1 Å². The number of hydrogen-bond donors (Lipinski definition) is 2. The summed E-state index contributed by atoms with van der Waals surface area (Å²) in [6, 6.07) is -0.984. The predicted octanol–water partition coefficient (Wildman–Crippen LogP) is 2.77. The third-order valence-corrected chi connectivity index (χ3v) is 2.36. The first-order chi connectivity index (χ1) is 8.44. The first kappa shape index (κ1) is 15.7. The third kappa shape index (κ3) is 3.57. The minimum atomic E-state index is -5.09. The second-order valence-electron chi connectivity index (χ2n) is 3.75. The molecule has 0 amide bonds. The topological polar surface area (TPSA) is 46.2 Å². The molecule has 108 valence electrons. The van der Waals surface area contributed by atoms with Gasteiger partial charge in [0, 0.05) is 0 Å². The highest BCUT2D eigenvalue weighted by Crippen LogP contribution is 2.34. The molecule has 3 N–H and O–H groups in total. The standard InChI is InChI=1S/C10H8F7NO/c11-6-2-1-4(3-5(6)9(12,13)14)7(18)8(19)10(15,16)17/h1-3,7-8,19H,18H2/t7-,8-/m0/s1. The van der Waals surface area contributed by atoms with Crippen LogP contribution in [-0.4, -0.2) is 17.4 Å². The SMILES string of the molecule is N[C@@H](c1ccc(F)c(C(F)(F)F)c1)[C@H](O)C(F)(F)F. The van der Waals surface area contributed by atoms with Gasteiger partial charge in [-0.15, -0.1) is 0 Å². The maximum absolute atomic E-state index is 12.9. The van der Waals surface area contributed by atoms with E-state index in [0.717, 1.165) is 0 Å². The van der Waals surface area contributed by atoms with Gasteiger partial charge < -0.3 is 10.8 Å². The summed E-state index contributed by atoms with van der Waals surface area (Å²) in [4.78, 5) is 0. The number of alkyl halides is 6. The second kappa shape index (κ2) is 4.97. The molecule has 1 rings (SSSR count). The number of halogens is 7. The van der Waals surface area contributed by atoms with Crippen LogP contribution in [0, 0.1) is 5.82 Å². The van der Waals surface area contributed by atoms with E-state index in [1.165, 1.54) is 0 Å². The third-order valence-electron chi connectivity index (χ3n) is 2.36. The van der Waals surface area contributed by atoms with Crippen molar-refractivity contribution in [3.8, 4) is 0 Å². The van der Waals surface area contributed by atoms with Gasteiger partial charge in [0.05, 0.1) is 11.6 Å². The quantitative estimate of drug-likeness (QED) is 0.823. The first-order valence-corrected chi connectivity index (χ1v) is 4.81. The van der Waals surface area contributed by atoms with E-state index in [4.69, 9.17) is 10.8 Å². The van der Waals surface area contributed by atoms with Crippen molar-refractivity contribution in [1.29, 1.82) is 0 Å². The monoisotopic (exact) mass is 291 g/mol. The van der Waals surface area contributed by atoms with E-state index in [9.17, 15) is 30.7 Å². The summed E-state index contributed by atoms with van der Waals surface area (Å²) >= 11 is 0. The lowest BCUT2D eigenvalue weighted by atomic mass is 9.99. The fraction of sp³-hybridized carbons (Fsp3) is 0.400. The molecule has 0 aliphatic carbocycles. The van der Waals surface area contributed by atoms with E-state index in [1.54, 1.807) is 0 Å². The fourth-order valence-electron chi connectivity index (χ4n) is 1.35. The van der Waals surface area contributed by atoms with Gasteiger partial charge in [-0.05, 0) is 17.7 Å². The average Bonchev–Trinajstić information content (AvgIpc) is 2.25. The van der Waals surface area contributed by atoms with Gasteiger partial charge in [0.15, 0.2) is 6.10 Å². The van der Waals surface area contributed by atoms with E-state index < -0.39 is 41.4 Å². The molecular formula is C10H8F7NO. The van der Waals surface area contributed by atoms with Crippen molar-refractivity contribution >= 4 is 0 Å². The van der Waals surface area contributed by atoms with Gasteiger partial charge in [-0.25, -0.2) is 4.39 Å². The van der Waals surface area contributed by atoms with E-state index >= 15 is 0 Å². The van der Waals surface area contributed by atoms with Crippen molar-refractivity contribution in [2.45, 2.75) is 24.5 Å². The lowest BCUT2D eigenvalue weighted by Crippen LogP contribution is -2.39. The highest BCUT2D eigenvalue weighted by atomic mass is 19.4. The molecule has 0 saturated heterocycles. The Labute approximate surface area is 102 Å². The number of aliphatic hydroxyl groups is 1. The molecule has 0 fully saturated rings. The number of aliphatic hydroxyl groups excluding tert-OH is 1. The Morgan fingerprint density at radius 3 is 2.00 bits per heavy atom. The molecule has 19 heavy (non-hydrogen) atoms. The molecule has 0 radical (unpaired) electrons. The smallest absolute Gasteiger partial charge is 0.382 e. The van der Waals surface area contributed by atoms with E-state index in [-0.39, 0.29) is 6.07 Å². The zero-order valence-corrected chi connectivity index (χ0v) is 9.06. The summed E-state index contributed by atoms with van der Waals surface area (Å²) in [6.07, 6.45) is -13.2. The van der Waals surface area contributed by atoms with E-state index in [2.05, 4.69) is 0 Å². The summed E-state index contributed by atoms with van der Waals surface area (Å²) < 4.78 is 86.5. The Kier molecular flexibility index (Phi) is 4.11. The molecule has 1 aromatic rings. The first-order valence-electron chi connectivity index (χ1n) is 4.81. The maximum Gasteiger partial charge on any atom is 0.419 e. The van der Waals surface area contributed by atoms with Crippen molar-refractivity contribution in [2.75, 3.05) is 0 Å². The Morgan fingerprint density at radius 2 is 1.58 bits per heavy atom. The van der Waals surface area contributed by atoms with Crippen LogP contribution < -0.4 is 5.73 Å². The predicted molar refractivity (Wildman–Crippen MR) is 50.4 cm³/mol. The van der Waals surface area contributed by atoms with Crippen molar-refractivity contribution < 1.29 is 35.8 Å². The van der Waals surface area contributed by atoms with Gasteiger partial charge in [0.25, 0.3) is 0 Å².